The van der Waals surface area contributed by atoms with E-state index in [1.165, 1.54) is 0 Å². The number of ether oxygens (including phenoxy) is 5. The normalized spacial score (nSPS) is 17.9. The fourth-order valence-corrected chi connectivity index (χ4v) is 3.87. The molecule has 0 saturated carbocycles. The van der Waals surface area contributed by atoms with Gasteiger partial charge in [-0.15, -0.1) is 0 Å². The van der Waals surface area contributed by atoms with E-state index >= 15 is 0 Å². The summed E-state index contributed by atoms with van der Waals surface area (Å²) in [7, 11) is 3.37. The molecule has 2 aromatic carbocycles. The molecule has 2 aliphatic heterocycles. The van der Waals surface area contributed by atoms with E-state index in [1.807, 2.05) is 30.3 Å². The Morgan fingerprint density at radius 3 is 2.68 bits per heavy atom. The summed E-state index contributed by atoms with van der Waals surface area (Å²) in [6, 6.07) is 12.2. The molecule has 6 nitrogen and oxygen atoms in total. The molecule has 2 aliphatic rings. The fourth-order valence-electron chi connectivity index (χ4n) is 3.87. The standard InChI is InChI=1S/C22H27NO5/c1-24-19-8-4-3-6-17(19)13-23(14-18-7-5-9-26-18)12-16-10-20(25-2)22-21(11-16)27-15-28-22/h3-4,6,8,10-11,18H,5,7,9,12-15H2,1-2H3. The average molecular weight is 385 g/mol. The smallest absolute Gasteiger partial charge is 0.231 e. The molecule has 1 unspecified atom stereocenters. The number of benzene rings is 2. The third-order valence-electron chi connectivity index (χ3n) is 5.20. The molecule has 6 heteroatoms. The molecular weight excluding hydrogens is 358 g/mol. The third kappa shape index (κ3) is 4.18. The largest absolute Gasteiger partial charge is 0.496 e. The van der Waals surface area contributed by atoms with Crippen molar-refractivity contribution in [3.63, 3.8) is 0 Å². The molecule has 2 aromatic rings. The molecule has 28 heavy (non-hydrogen) atoms. The maximum Gasteiger partial charge on any atom is 0.231 e. The first kappa shape index (κ1) is 18.9. The van der Waals surface area contributed by atoms with Crippen LogP contribution >= 0.6 is 0 Å². The van der Waals surface area contributed by atoms with Gasteiger partial charge in [0.15, 0.2) is 11.5 Å². The summed E-state index contributed by atoms with van der Waals surface area (Å²) in [6.45, 7) is 3.49. The monoisotopic (exact) mass is 385 g/mol. The van der Waals surface area contributed by atoms with Crippen molar-refractivity contribution < 1.29 is 23.7 Å². The molecule has 0 aliphatic carbocycles. The molecule has 1 atom stereocenters. The Bertz CT molecular complexity index is 804. The Balaban J connectivity index is 1.56. The van der Waals surface area contributed by atoms with Crippen molar-refractivity contribution in [2.24, 2.45) is 0 Å². The van der Waals surface area contributed by atoms with E-state index in [9.17, 15) is 0 Å². The maximum atomic E-state index is 5.89. The molecule has 0 N–H and O–H groups in total. The second-order valence-corrected chi connectivity index (χ2v) is 7.15. The highest BCUT2D eigenvalue weighted by molar-refractivity contribution is 5.55. The topological polar surface area (TPSA) is 49.4 Å². The first-order valence-corrected chi connectivity index (χ1v) is 9.69. The van der Waals surface area contributed by atoms with Crippen LogP contribution in [0.15, 0.2) is 36.4 Å². The van der Waals surface area contributed by atoms with Gasteiger partial charge < -0.3 is 23.7 Å². The highest BCUT2D eigenvalue weighted by atomic mass is 16.7. The maximum absolute atomic E-state index is 5.89. The van der Waals surface area contributed by atoms with E-state index in [1.54, 1.807) is 14.2 Å². The molecule has 0 spiro atoms. The van der Waals surface area contributed by atoms with Gasteiger partial charge in [-0.25, -0.2) is 0 Å². The SMILES string of the molecule is COc1ccccc1CN(Cc1cc(OC)c2c(c1)OCO2)CC1CCCO1. The highest BCUT2D eigenvalue weighted by Crippen LogP contribution is 2.42. The Hall–Kier alpha value is -2.44. The van der Waals surface area contributed by atoms with Crippen LogP contribution in [0.3, 0.4) is 0 Å². The first-order valence-electron chi connectivity index (χ1n) is 9.69. The van der Waals surface area contributed by atoms with Gasteiger partial charge in [0.25, 0.3) is 0 Å². The van der Waals surface area contributed by atoms with Crippen LogP contribution in [0.1, 0.15) is 24.0 Å². The molecule has 0 aromatic heterocycles. The minimum absolute atomic E-state index is 0.232. The minimum atomic E-state index is 0.232. The molecule has 0 radical (unpaired) electrons. The van der Waals surface area contributed by atoms with Gasteiger partial charge in [0.05, 0.1) is 20.3 Å². The lowest BCUT2D eigenvalue weighted by Crippen LogP contribution is -2.31. The number of para-hydroxylation sites is 1. The van der Waals surface area contributed by atoms with Crippen molar-refractivity contribution >= 4 is 0 Å². The first-order chi connectivity index (χ1) is 13.8. The Labute approximate surface area is 165 Å². The molecule has 0 amide bonds. The summed E-state index contributed by atoms with van der Waals surface area (Å²) in [5.74, 6) is 3.04. The van der Waals surface area contributed by atoms with Gasteiger partial charge >= 0.3 is 0 Å². The molecule has 0 bridgehead atoms. The molecule has 2 heterocycles. The number of hydrogen-bond acceptors (Lipinski definition) is 6. The van der Waals surface area contributed by atoms with E-state index in [4.69, 9.17) is 23.7 Å². The predicted octanol–water partition coefficient (Wildman–Crippen LogP) is 3.61. The van der Waals surface area contributed by atoms with Crippen LogP contribution in [-0.2, 0) is 17.8 Å². The van der Waals surface area contributed by atoms with Crippen LogP contribution < -0.4 is 18.9 Å². The van der Waals surface area contributed by atoms with Crippen LogP contribution in [0.5, 0.6) is 23.0 Å². The van der Waals surface area contributed by atoms with Gasteiger partial charge in [-0.3, -0.25) is 4.90 Å². The second kappa shape index (κ2) is 8.71. The van der Waals surface area contributed by atoms with E-state index in [-0.39, 0.29) is 12.9 Å². The highest BCUT2D eigenvalue weighted by Gasteiger charge is 2.23. The number of fused-ring (bicyclic) bond motifs is 1. The summed E-state index contributed by atoms with van der Waals surface area (Å²) < 4.78 is 28.0. The molecule has 4 rings (SSSR count). The lowest BCUT2D eigenvalue weighted by Gasteiger charge is -2.26. The number of hydrogen-bond donors (Lipinski definition) is 0. The van der Waals surface area contributed by atoms with Gasteiger partial charge in [0.1, 0.15) is 5.75 Å². The van der Waals surface area contributed by atoms with E-state index < -0.39 is 0 Å². The van der Waals surface area contributed by atoms with E-state index in [0.29, 0.717) is 11.5 Å². The zero-order valence-corrected chi connectivity index (χ0v) is 16.5. The summed E-state index contributed by atoms with van der Waals surface area (Å²) in [5.41, 5.74) is 2.28. The zero-order valence-electron chi connectivity index (χ0n) is 16.5. The predicted molar refractivity (Wildman–Crippen MR) is 105 cm³/mol. The molecule has 1 fully saturated rings. The molecular formula is C22H27NO5. The summed E-state index contributed by atoms with van der Waals surface area (Å²) in [4.78, 5) is 2.39. The van der Waals surface area contributed by atoms with Crippen LogP contribution in [0.25, 0.3) is 0 Å². The van der Waals surface area contributed by atoms with E-state index in [0.717, 1.165) is 61.7 Å². The Morgan fingerprint density at radius 2 is 1.89 bits per heavy atom. The minimum Gasteiger partial charge on any atom is -0.496 e. The van der Waals surface area contributed by atoms with Crippen molar-refractivity contribution in [2.45, 2.75) is 32.0 Å². The zero-order chi connectivity index (χ0) is 19.3. The molecule has 150 valence electrons. The van der Waals surface area contributed by atoms with Gasteiger partial charge in [0, 0.05) is 31.8 Å². The van der Waals surface area contributed by atoms with Crippen LogP contribution in [-0.4, -0.2) is 45.2 Å². The fraction of sp³-hybridized carbons (Fsp3) is 0.455. The van der Waals surface area contributed by atoms with Crippen molar-refractivity contribution in [1.82, 2.24) is 4.90 Å². The number of methoxy groups -OCH3 is 2. The number of rotatable bonds is 8. The van der Waals surface area contributed by atoms with Crippen molar-refractivity contribution in [3.05, 3.63) is 47.5 Å². The van der Waals surface area contributed by atoms with Crippen LogP contribution in [0.4, 0.5) is 0 Å². The van der Waals surface area contributed by atoms with Crippen molar-refractivity contribution in [2.75, 3.05) is 34.2 Å². The van der Waals surface area contributed by atoms with E-state index in [2.05, 4.69) is 11.0 Å². The summed E-state index contributed by atoms with van der Waals surface area (Å²) >= 11 is 0. The van der Waals surface area contributed by atoms with Crippen LogP contribution in [0.2, 0.25) is 0 Å². The quantitative estimate of drug-likeness (QED) is 0.692. The van der Waals surface area contributed by atoms with Gasteiger partial charge in [0.2, 0.25) is 12.5 Å². The number of nitrogens with zero attached hydrogens (tertiary/aromatic N) is 1. The van der Waals surface area contributed by atoms with Crippen molar-refractivity contribution in [3.8, 4) is 23.0 Å². The summed E-state index contributed by atoms with van der Waals surface area (Å²) in [5, 5.41) is 0. The summed E-state index contributed by atoms with van der Waals surface area (Å²) in [6.07, 6.45) is 2.50. The Morgan fingerprint density at radius 1 is 1.04 bits per heavy atom. The third-order valence-corrected chi connectivity index (χ3v) is 5.20. The Kier molecular flexibility index (Phi) is 5.88. The van der Waals surface area contributed by atoms with Crippen LogP contribution in [0, 0.1) is 0 Å². The van der Waals surface area contributed by atoms with Crippen molar-refractivity contribution in [1.29, 1.82) is 0 Å². The molecule has 1 saturated heterocycles. The lowest BCUT2D eigenvalue weighted by molar-refractivity contribution is 0.0676. The van der Waals surface area contributed by atoms with Gasteiger partial charge in [-0.05, 0) is 36.6 Å². The van der Waals surface area contributed by atoms with Gasteiger partial charge in [-0.1, -0.05) is 18.2 Å². The second-order valence-electron chi connectivity index (χ2n) is 7.15. The van der Waals surface area contributed by atoms with Gasteiger partial charge in [-0.2, -0.15) is 0 Å². The lowest BCUT2D eigenvalue weighted by atomic mass is 10.1. The average Bonchev–Trinajstić information content (AvgIpc) is 3.39.